The Hall–Kier alpha value is 0.188. The molecule has 10 unspecified atom stereocenters. The molecule has 10 atom stereocenters. The average Bonchev–Trinajstić information content (AvgIpc) is 3.54. The Kier molecular flexibility index (Phi) is 4.93. The van der Waals surface area contributed by atoms with E-state index in [9.17, 15) is 0 Å². The summed E-state index contributed by atoms with van der Waals surface area (Å²) in [5.74, 6) is 6.76. The highest BCUT2D eigenvalue weighted by Crippen LogP contribution is 2.65. The van der Waals surface area contributed by atoms with E-state index < -0.39 is 35.7 Å². The van der Waals surface area contributed by atoms with Crippen LogP contribution in [0.3, 0.4) is 0 Å². The van der Waals surface area contributed by atoms with Crippen molar-refractivity contribution < 1.29 is 16.5 Å². The van der Waals surface area contributed by atoms with Gasteiger partial charge in [-0.2, -0.15) is 0 Å². The topological polar surface area (TPSA) is 36.9 Å². The van der Waals surface area contributed by atoms with Gasteiger partial charge in [-0.1, -0.05) is 24.3 Å². The van der Waals surface area contributed by atoms with E-state index in [0.29, 0.717) is 11.1 Å². The summed E-state index contributed by atoms with van der Waals surface area (Å²) in [5.41, 5.74) is 1.26. The van der Waals surface area contributed by atoms with Crippen LogP contribution < -0.4 is 0 Å². The van der Waals surface area contributed by atoms with Crippen LogP contribution in [-0.2, 0) is 16.5 Å². The van der Waals surface area contributed by atoms with Crippen molar-refractivity contribution in [1.29, 1.82) is 0 Å². The Balaban J connectivity index is 1.11. The summed E-state index contributed by atoms with van der Waals surface area (Å²) in [6.07, 6.45) is 18.0. The normalized spacial score (nSPS) is 62.4. The van der Waals surface area contributed by atoms with E-state index in [4.69, 9.17) is 16.5 Å². The van der Waals surface area contributed by atoms with Crippen molar-refractivity contribution in [3.8, 4) is 0 Å². The fourth-order valence-corrected chi connectivity index (χ4v) is 29.8. The van der Waals surface area contributed by atoms with Gasteiger partial charge in [0.25, 0.3) is 0 Å². The largest absolute Gasteiger partial charge is 0.418 e. The lowest BCUT2D eigenvalue weighted by molar-refractivity contribution is 0.197. The van der Waals surface area contributed by atoms with Gasteiger partial charge in [-0.3, -0.25) is 0 Å². The van der Waals surface area contributed by atoms with Gasteiger partial charge in [-0.15, -0.1) is 0 Å². The molecule has 176 valence electrons. The average molecular weight is 505 g/mol. The van der Waals surface area contributed by atoms with Gasteiger partial charge in [0.2, 0.25) is 0 Å². The summed E-state index contributed by atoms with van der Waals surface area (Å²) in [7, 11) is -8.24. The van der Waals surface area contributed by atoms with E-state index in [2.05, 4.69) is 50.5 Å². The molecule has 7 aliphatic rings. The van der Waals surface area contributed by atoms with Crippen LogP contribution in [0.4, 0.5) is 0 Å². The van der Waals surface area contributed by atoms with Crippen molar-refractivity contribution in [1.82, 2.24) is 0 Å². The van der Waals surface area contributed by atoms with Gasteiger partial charge in [-0.25, -0.2) is 0 Å². The molecule has 0 spiro atoms. The highest BCUT2D eigenvalue weighted by Gasteiger charge is 2.64. The third-order valence-corrected chi connectivity index (χ3v) is 27.8. The quantitative estimate of drug-likeness (QED) is 0.386. The minimum Gasteiger partial charge on any atom is -0.418 e. The standard InChI is InChI=1S/C24H40O4Si4/c1-29-25-31(3,23-13-15-11-21(23)19-9-5-7-17(15)19)27-30(2)28-32(4,26-29)24-14-16-12-22(24)20-10-6-8-18(16)20/h5-6,9-10,15-24,29-30H,7-8,11-14H2,1-4H3. The fourth-order valence-electron chi connectivity index (χ4n) is 10.1. The minimum atomic E-state index is -2.32. The molecule has 7 rings (SSSR count). The van der Waals surface area contributed by atoms with E-state index in [-0.39, 0.29) is 0 Å². The summed E-state index contributed by atoms with van der Waals surface area (Å²) in [5, 5.41) is 0. The maximum atomic E-state index is 7.04. The van der Waals surface area contributed by atoms with Gasteiger partial charge >= 0.3 is 35.7 Å². The van der Waals surface area contributed by atoms with Gasteiger partial charge in [0.05, 0.1) is 0 Å². The maximum absolute atomic E-state index is 7.04. The van der Waals surface area contributed by atoms with E-state index in [1.54, 1.807) is 0 Å². The zero-order valence-electron chi connectivity index (χ0n) is 20.1. The molecule has 6 aliphatic carbocycles. The molecule has 1 saturated heterocycles. The third-order valence-electron chi connectivity index (χ3n) is 11.0. The van der Waals surface area contributed by atoms with Crippen LogP contribution in [0, 0.1) is 47.3 Å². The van der Waals surface area contributed by atoms with Gasteiger partial charge in [0, 0.05) is 11.1 Å². The molecular formula is C24H40O4Si4. The zero-order valence-corrected chi connectivity index (χ0v) is 24.4. The molecule has 0 aromatic carbocycles. The lowest BCUT2D eigenvalue weighted by Crippen LogP contribution is -2.62. The predicted molar refractivity (Wildman–Crippen MR) is 135 cm³/mol. The molecule has 0 aromatic heterocycles. The minimum absolute atomic E-state index is 0.631. The highest BCUT2D eigenvalue weighted by molar-refractivity contribution is 6.86. The van der Waals surface area contributed by atoms with Crippen LogP contribution in [0.2, 0.25) is 37.3 Å². The molecule has 32 heavy (non-hydrogen) atoms. The second kappa shape index (κ2) is 7.35. The molecule has 4 bridgehead atoms. The van der Waals surface area contributed by atoms with Crippen molar-refractivity contribution in [2.24, 2.45) is 47.3 Å². The Bertz CT molecular complexity index is 770. The molecule has 4 saturated carbocycles. The summed E-state index contributed by atoms with van der Waals surface area (Å²) in [4.78, 5) is 0. The Morgan fingerprint density at radius 1 is 0.625 bits per heavy atom. The summed E-state index contributed by atoms with van der Waals surface area (Å²) in [6, 6.07) is 0. The lowest BCUT2D eigenvalue weighted by atomic mass is 9.81. The number of hydrogen-bond acceptors (Lipinski definition) is 4. The number of rotatable bonds is 2. The van der Waals surface area contributed by atoms with Crippen molar-refractivity contribution in [3.05, 3.63) is 24.3 Å². The predicted octanol–water partition coefficient (Wildman–Crippen LogP) is 5.12. The van der Waals surface area contributed by atoms with Crippen molar-refractivity contribution in [2.45, 2.75) is 75.8 Å². The summed E-state index contributed by atoms with van der Waals surface area (Å²) >= 11 is 0. The zero-order chi connectivity index (χ0) is 21.8. The van der Waals surface area contributed by atoms with Gasteiger partial charge in [-0.05, 0) is 112 Å². The van der Waals surface area contributed by atoms with Crippen molar-refractivity contribution in [3.63, 3.8) is 0 Å². The fraction of sp³-hybridized carbons (Fsp3) is 0.833. The molecule has 8 heteroatoms. The van der Waals surface area contributed by atoms with Crippen LogP contribution in [0.25, 0.3) is 0 Å². The molecule has 0 radical (unpaired) electrons. The first-order valence-electron chi connectivity index (χ1n) is 13.4. The van der Waals surface area contributed by atoms with Gasteiger partial charge < -0.3 is 16.5 Å². The monoisotopic (exact) mass is 504 g/mol. The van der Waals surface area contributed by atoms with Gasteiger partial charge in [0.1, 0.15) is 0 Å². The van der Waals surface area contributed by atoms with Crippen molar-refractivity contribution >= 4 is 35.7 Å². The maximum Gasteiger partial charge on any atom is 0.320 e. The second-order valence-corrected chi connectivity index (χ2v) is 24.0. The van der Waals surface area contributed by atoms with Gasteiger partial charge in [0.15, 0.2) is 0 Å². The van der Waals surface area contributed by atoms with E-state index in [1.165, 1.54) is 38.5 Å². The summed E-state index contributed by atoms with van der Waals surface area (Å²) < 4.78 is 28.2. The SMILES string of the molecule is C[SiH]1O[Si](C)(C2CC3CC2C2C=CCC32)O[SiH](C)O[Si](C)(C2CC3CC2C2C=CCC32)O1. The molecule has 4 nitrogen and oxygen atoms in total. The lowest BCUT2D eigenvalue weighted by Gasteiger charge is -2.49. The van der Waals surface area contributed by atoms with E-state index in [1.807, 2.05) is 0 Å². The third kappa shape index (κ3) is 3.03. The number of hydrogen-bond donors (Lipinski definition) is 0. The molecule has 0 aromatic rings. The molecule has 1 aliphatic heterocycles. The van der Waals surface area contributed by atoms with E-state index in [0.717, 1.165) is 47.3 Å². The first-order valence-corrected chi connectivity index (χ1v) is 22.4. The van der Waals surface area contributed by atoms with Crippen LogP contribution >= 0.6 is 0 Å². The molecule has 0 amide bonds. The Labute approximate surface area is 199 Å². The first-order chi connectivity index (χ1) is 15.3. The first kappa shape index (κ1) is 21.5. The Morgan fingerprint density at radius 3 is 1.44 bits per heavy atom. The number of allylic oxidation sites excluding steroid dienone is 4. The van der Waals surface area contributed by atoms with Crippen molar-refractivity contribution in [2.75, 3.05) is 0 Å². The Morgan fingerprint density at radius 2 is 1.03 bits per heavy atom. The number of fused-ring (bicyclic) bond motifs is 10. The van der Waals surface area contributed by atoms with Crippen LogP contribution in [0.1, 0.15) is 38.5 Å². The molecule has 0 N–H and O–H groups in total. The molecule has 1 heterocycles. The second-order valence-electron chi connectivity index (χ2n) is 12.5. The van der Waals surface area contributed by atoms with E-state index >= 15 is 0 Å². The summed E-state index contributed by atoms with van der Waals surface area (Å²) in [6.45, 7) is 9.30. The van der Waals surface area contributed by atoms with Crippen LogP contribution in [0.15, 0.2) is 24.3 Å². The molecule has 5 fully saturated rings. The smallest absolute Gasteiger partial charge is 0.320 e. The van der Waals surface area contributed by atoms with Crippen LogP contribution in [0.5, 0.6) is 0 Å². The highest BCUT2D eigenvalue weighted by atomic mass is 28.5. The molecular weight excluding hydrogens is 465 g/mol. The van der Waals surface area contributed by atoms with Crippen LogP contribution in [-0.4, -0.2) is 35.7 Å².